The van der Waals surface area contributed by atoms with E-state index in [2.05, 4.69) is 11.9 Å². The molecule has 1 heterocycles. The second-order valence-corrected chi connectivity index (χ2v) is 4.12. The summed E-state index contributed by atoms with van der Waals surface area (Å²) in [6.45, 7) is 3.69. The largest absolute Gasteiger partial charge is 0.329 e. The zero-order valence-corrected chi connectivity index (χ0v) is 10.3. The number of nitrogens with one attached hydrogen (secondary N) is 1. The second-order valence-electron chi connectivity index (χ2n) is 3.71. The molecular weight excluding hydrogens is 252 g/mol. The first-order chi connectivity index (χ1) is 8.63. The summed E-state index contributed by atoms with van der Waals surface area (Å²) < 4.78 is 0. The fourth-order valence-corrected chi connectivity index (χ4v) is 1.80. The van der Waals surface area contributed by atoms with E-state index < -0.39 is 6.03 Å². The van der Waals surface area contributed by atoms with E-state index in [9.17, 15) is 9.59 Å². The van der Waals surface area contributed by atoms with Crippen LogP contribution >= 0.6 is 11.6 Å². The molecule has 1 saturated heterocycles. The average Bonchev–Trinajstić information content (AvgIpc) is 2.60. The quantitative estimate of drug-likeness (QED) is 0.517. The Balaban J connectivity index is 2.31. The first kappa shape index (κ1) is 12.4. The number of hydrogen-bond donors (Lipinski definition) is 1. The van der Waals surface area contributed by atoms with Gasteiger partial charge in [-0.05, 0) is 17.7 Å². The van der Waals surface area contributed by atoms with Crippen LogP contribution in [0.4, 0.5) is 4.79 Å². The normalized spacial score (nSPS) is 17.2. The minimum Gasteiger partial charge on any atom is -0.303 e. The lowest BCUT2D eigenvalue weighted by molar-refractivity contribution is -0.122. The van der Waals surface area contributed by atoms with E-state index in [1.807, 2.05) is 0 Å². The average molecular weight is 263 g/mol. The number of amides is 3. The Hall–Kier alpha value is -2.07. The molecule has 0 bridgehead atoms. The molecule has 0 aromatic heterocycles. The molecule has 0 spiro atoms. The van der Waals surface area contributed by atoms with Crippen LogP contribution < -0.4 is 5.32 Å². The summed E-state index contributed by atoms with van der Waals surface area (Å²) in [6, 6.07) is 6.64. The molecule has 92 valence electrons. The van der Waals surface area contributed by atoms with E-state index in [1.165, 1.54) is 6.08 Å². The number of carbonyl (C=O) groups excluding carboxylic acids is 2. The molecule has 1 fully saturated rings. The third-order valence-electron chi connectivity index (χ3n) is 2.48. The van der Waals surface area contributed by atoms with E-state index in [0.29, 0.717) is 10.6 Å². The molecule has 1 N–H and O–H groups in total. The number of hydrogen-bond acceptors (Lipinski definition) is 2. The molecular formula is C13H11ClN2O2. The fourth-order valence-electron chi connectivity index (χ4n) is 1.61. The molecule has 0 saturated carbocycles. The highest BCUT2D eigenvalue weighted by Crippen LogP contribution is 2.20. The van der Waals surface area contributed by atoms with E-state index in [0.717, 1.165) is 4.90 Å². The lowest BCUT2D eigenvalue weighted by Gasteiger charge is -2.06. The molecule has 1 aliphatic heterocycles. The summed E-state index contributed by atoms with van der Waals surface area (Å²) in [4.78, 5) is 24.5. The number of halogens is 1. The minimum atomic E-state index is -0.446. The first-order valence-corrected chi connectivity index (χ1v) is 5.71. The summed E-state index contributed by atoms with van der Waals surface area (Å²) in [6.07, 6.45) is 3.06. The molecule has 0 unspecified atom stereocenters. The second kappa shape index (κ2) is 5.06. The molecule has 1 aromatic carbocycles. The number of benzene rings is 1. The molecule has 1 aromatic rings. The number of nitrogens with zero attached hydrogens (tertiary/aromatic N) is 1. The van der Waals surface area contributed by atoms with Crippen molar-refractivity contribution in [2.45, 2.75) is 0 Å². The summed E-state index contributed by atoms with van der Waals surface area (Å²) in [5.74, 6) is -0.375. The minimum absolute atomic E-state index is 0.185. The van der Waals surface area contributed by atoms with Gasteiger partial charge in [0.05, 0.1) is 0 Å². The molecule has 1 aliphatic rings. The third kappa shape index (κ3) is 2.28. The summed E-state index contributed by atoms with van der Waals surface area (Å²) in [5.41, 5.74) is 0.901. The molecule has 0 atom stereocenters. The maximum absolute atomic E-state index is 11.9. The molecule has 5 heteroatoms. The van der Waals surface area contributed by atoms with Crippen molar-refractivity contribution < 1.29 is 9.59 Å². The van der Waals surface area contributed by atoms with Crippen LogP contribution in [0.2, 0.25) is 5.02 Å². The predicted molar refractivity (Wildman–Crippen MR) is 69.9 cm³/mol. The Morgan fingerprint density at radius 2 is 2.06 bits per heavy atom. The van der Waals surface area contributed by atoms with Gasteiger partial charge in [0.2, 0.25) is 0 Å². The van der Waals surface area contributed by atoms with E-state index in [-0.39, 0.29) is 18.1 Å². The number of rotatable bonds is 3. The van der Waals surface area contributed by atoms with E-state index >= 15 is 0 Å². The van der Waals surface area contributed by atoms with Crippen LogP contribution in [0.25, 0.3) is 6.08 Å². The monoisotopic (exact) mass is 262 g/mol. The Morgan fingerprint density at radius 3 is 2.72 bits per heavy atom. The maximum Gasteiger partial charge on any atom is 0.329 e. The Morgan fingerprint density at radius 1 is 1.33 bits per heavy atom. The van der Waals surface area contributed by atoms with Gasteiger partial charge in [-0.25, -0.2) is 4.79 Å². The Labute approximate surface area is 110 Å². The van der Waals surface area contributed by atoms with Gasteiger partial charge in [0.1, 0.15) is 5.70 Å². The van der Waals surface area contributed by atoms with Crippen molar-refractivity contribution in [2.24, 2.45) is 0 Å². The topological polar surface area (TPSA) is 49.4 Å². The van der Waals surface area contributed by atoms with Crippen molar-refractivity contribution in [2.75, 3.05) is 6.54 Å². The molecule has 3 amide bonds. The SMILES string of the molecule is C=CCN1C(=O)N/C(=C/c2ccccc2Cl)C1=O. The highest BCUT2D eigenvalue weighted by molar-refractivity contribution is 6.32. The molecule has 0 aliphatic carbocycles. The van der Waals surface area contributed by atoms with Crippen molar-refractivity contribution in [1.29, 1.82) is 0 Å². The van der Waals surface area contributed by atoms with Crippen LogP contribution in [-0.4, -0.2) is 23.4 Å². The van der Waals surface area contributed by atoms with Crippen molar-refractivity contribution in [3.8, 4) is 0 Å². The van der Waals surface area contributed by atoms with Gasteiger partial charge in [-0.3, -0.25) is 9.69 Å². The van der Waals surface area contributed by atoms with Gasteiger partial charge in [0.15, 0.2) is 0 Å². The van der Waals surface area contributed by atoms with Crippen LogP contribution in [0.15, 0.2) is 42.6 Å². The van der Waals surface area contributed by atoms with Crippen molar-refractivity contribution >= 4 is 29.6 Å². The summed E-state index contributed by atoms with van der Waals surface area (Å²) in [7, 11) is 0. The summed E-state index contributed by atoms with van der Waals surface area (Å²) in [5, 5.41) is 3.03. The first-order valence-electron chi connectivity index (χ1n) is 5.33. The van der Waals surface area contributed by atoms with E-state index in [1.54, 1.807) is 30.3 Å². The van der Waals surface area contributed by atoms with Crippen LogP contribution in [0, 0.1) is 0 Å². The standard InChI is InChI=1S/C13H11ClN2O2/c1-2-7-16-12(17)11(15-13(16)18)8-9-5-3-4-6-10(9)14/h2-6,8H,1,7H2,(H,15,18)/b11-8+. The smallest absolute Gasteiger partial charge is 0.303 e. The highest BCUT2D eigenvalue weighted by atomic mass is 35.5. The Bertz CT molecular complexity index is 552. The number of carbonyl (C=O) groups is 2. The van der Waals surface area contributed by atoms with Gasteiger partial charge < -0.3 is 5.32 Å². The summed E-state index contributed by atoms with van der Waals surface area (Å²) >= 11 is 5.99. The molecule has 18 heavy (non-hydrogen) atoms. The van der Waals surface area contributed by atoms with Crippen molar-refractivity contribution in [1.82, 2.24) is 10.2 Å². The Kier molecular flexibility index (Phi) is 3.48. The zero-order valence-electron chi connectivity index (χ0n) is 9.52. The van der Waals surface area contributed by atoms with Gasteiger partial charge in [-0.2, -0.15) is 0 Å². The van der Waals surface area contributed by atoms with Crippen LogP contribution in [0.1, 0.15) is 5.56 Å². The third-order valence-corrected chi connectivity index (χ3v) is 2.82. The van der Waals surface area contributed by atoms with Gasteiger partial charge in [0.25, 0.3) is 5.91 Å². The van der Waals surface area contributed by atoms with Gasteiger partial charge in [0, 0.05) is 11.6 Å². The number of imide groups is 1. The lowest BCUT2D eigenvalue weighted by Crippen LogP contribution is -2.30. The predicted octanol–water partition coefficient (Wildman–Crippen LogP) is 2.42. The van der Waals surface area contributed by atoms with Gasteiger partial charge in [-0.1, -0.05) is 35.9 Å². The lowest BCUT2D eigenvalue weighted by atomic mass is 10.2. The van der Waals surface area contributed by atoms with Gasteiger partial charge >= 0.3 is 6.03 Å². The molecule has 4 nitrogen and oxygen atoms in total. The molecule has 2 rings (SSSR count). The zero-order chi connectivity index (χ0) is 13.1. The van der Waals surface area contributed by atoms with Crippen molar-refractivity contribution in [3.05, 3.63) is 53.2 Å². The van der Waals surface area contributed by atoms with Gasteiger partial charge in [-0.15, -0.1) is 6.58 Å². The maximum atomic E-state index is 11.9. The fraction of sp³-hybridized carbons (Fsp3) is 0.0769. The molecule has 0 radical (unpaired) electrons. The van der Waals surface area contributed by atoms with Crippen LogP contribution in [0.5, 0.6) is 0 Å². The van der Waals surface area contributed by atoms with Crippen molar-refractivity contribution in [3.63, 3.8) is 0 Å². The van der Waals surface area contributed by atoms with Crippen LogP contribution in [-0.2, 0) is 4.79 Å². The van der Waals surface area contributed by atoms with Crippen LogP contribution in [0.3, 0.4) is 0 Å². The highest BCUT2D eigenvalue weighted by Gasteiger charge is 2.32. The van der Waals surface area contributed by atoms with E-state index in [4.69, 9.17) is 11.6 Å². The number of urea groups is 1.